The molecule has 14 heavy (non-hydrogen) atoms. The van der Waals surface area contributed by atoms with E-state index in [1.807, 2.05) is 6.20 Å². The number of nitrogens with zero attached hydrogens (tertiary/aromatic N) is 1. The van der Waals surface area contributed by atoms with Gasteiger partial charge >= 0.3 is 0 Å². The molecule has 0 bridgehead atoms. The van der Waals surface area contributed by atoms with E-state index in [0.29, 0.717) is 0 Å². The summed E-state index contributed by atoms with van der Waals surface area (Å²) in [6, 6.07) is 10.4. The molecule has 0 amide bonds. The lowest BCUT2D eigenvalue weighted by Gasteiger charge is -2.03. The molecule has 0 aliphatic heterocycles. The molecule has 0 N–H and O–H groups in total. The van der Waals surface area contributed by atoms with E-state index in [-0.39, 0.29) is 0 Å². The molecule has 0 spiro atoms. The van der Waals surface area contributed by atoms with Crippen LogP contribution in [0.2, 0.25) is 0 Å². The van der Waals surface area contributed by atoms with Crippen LogP contribution in [0, 0.1) is 6.42 Å². The first-order valence-electron chi connectivity index (χ1n) is 5.09. The number of benzene rings is 1. The van der Waals surface area contributed by atoms with Crippen molar-refractivity contribution < 1.29 is 0 Å². The van der Waals surface area contributed by atoms with Gasteiger partial charge in [-0.05, 0) is 17.9 Å². The first-order valence-corrected chi connectivity index (χ1v) is 5.09. The van der Waals surface area contributed by atoms with Crippen LogP contribution in [-0.4, -0.2) is 4.98 Å². The monoisotopic (exact) mass is 184 g/mol. The normalized spacial score (nSPS) is 10.6. The molecule has 1 aromatic heterocycles. The van der Waals surface area contributed by atoms with Gasteiger partial charge in [0.25, 0.3) is 0 Å². The summed E-state index contributed by atoms with van der Waals surface area (Å²) in [5, 5.41) is 2.52. The lowest BCUT2D eigenvalue weighted by molar-refractivity contribution is 0.904. The van der Waals surface area contributed by atoms with Crippen LogP contribution >= 0.6 is 0 Å². The van der Waals surface area contributed by atoms with Crippen LogP contribution in [0.3, 0.4) is 0 Å². The van der Waals surface area contributed by atoms with Gasteiger partial charge in [-0.2, -0.15) is 0 Å². The molecule has 2 rings (SSSR count). The van der Waals surface area contributed by atoms with Crippen LogP contribution in [0.1, 0.15) is 25.5 Å². The second kappa shape index (κ2) is 4.23. The van der Waals surface area contributed by atoms with Crippen molar-refractivity contribution in [1.29, 1.82) is 0 Å². The van der Waals surface area contributed by atoms with Gasteiger partial charge in [0.05, 0.1) is 5.69 Å². The molecular weight excluding hydrogens is 170 g/mol. The molecule has 0 fully saturated rings. The van der Waals surface area contributed by atoms with Crippen molar-refractivity contribution in [3.05, 3.63) is 48.6 Å². The summed E-state index contributed by atoms with van der Waals surface area (Å²) >= 11 is 0. The fraction of sp³-hybridized carbons (Fsp3) is 0.231. The Morgan fingerprint density at radius 3 is 2.93 bits per heavy atom. The first-order chi connectivity index (χ1) is 6.92. The highest BCUT2D eigenvalue weighted by Gasteiger charge is 2.00. The molecule has 0 unspecified atom stereocenters. The molecule has 0 saturated heterocycles. The van der Waals surface area contributed by atoms with Crippen molar-refractivity contribution >= 4 is 10.8 Å². The predicted octanol–water partition coefficient (Wildman–Crippen LogP) is 3.59. The van der Waals surface area contributed by atoms with E-state index in [1.165, 1.54) is 17.2 Å². The summed E-state index contributed by atoms with van der Waals surface area (Å²) in [4.78, 5) is 4.39. The average Bonchev–Trinajstić information content (AvgIpc) is 2.26. The SMILES string of the molecule is CCC[CH]c1nccc2ccccc12. The Morgan fingerprint density at radius 2 is 2.07 bits per heavy atom. The Hall–Kier alpha value is -1.37. The Morgan fingerprint density at radius 1 is 1.21 bits per heavy atom. The third kappa shape index (κ3) is 1.77. The number of unbranched alkanes of at least 4 members (excludes halogenated alkanes) is 1. The van der Waals surface area contributed by atoms with Gasteiger partial charge in [0.15, 0.2) is 0 Å². The molecule has 0 atom stereocenters. The summed E-state index contributed by atoms with van der Waals surface area (Å²) < 4.78 is 0. The van der Waals surface area contributed by atoms with Gasteiger partial charge in [-0.25, -0.2) is 0 Å². The molecule has 0 aliphatic rings. The van der Waals surface area contributed by atoms with Crippen LogP contribution in [0.4, 0.5) is 0 Å². The average molecular weight is 184 g/mol. The highest BCUT2D eigenvalue weighted by atomic mass is 14.7. The summed E-state index contributed by atoms with van der Waals surface area (Å²) in [6.45, 7) is 2.18. The first kappa shape index (κ1) is 9.20. The van der Waals surface area contributed by atoms with Crippen molar-refractivity contribution in [2.45, 2.75) is 19.8 Å². The van der Waals surface area contributed by atoms with E-state index in [0.717, 1.165) is 12.1 Å². The molecule has 0 saturated carbocycles. The van der Waals surface area contributed by atoms with E-state index >= 15 is 0 Å². The lowest BCUT2D eigenvalue weighted by atomic mass is 10.1. The van der Waals surface area contributed by atoms with E-state index in [2.05, 4.69) is 48.7 Å². The molecule has 1 heterocycles. The van der Waals surface area contributed by atoms with Crippen LogP contribution in [-0.2, 0) is 0 Å². The van der Waals surface area contributed by atoms with Gasteiger partial charge in [0.2, 0.25) is 0 Å². The minimum absolute atomic E-state index is 1.10. The number of fused-ring (bicyclic) bond motifs is 1. The maximum atomic E-state index is 4.39. The van der Waals surface area contributed by atoms with Crippen LogP contribution in [0.25, 0.3) is 10.8 Å². The van der Waals surface area contributed by atoms with Gasteiger partial charge < -0.3 is 0 Å². The van der Waals surface area contributed by atoms with E-state index in [4.69, 9.17) is 0 Å². The predicted molar refractivity (Wildman–Crippen MR) is 60.1 cm³/mol. The van der Waals surface area contributed by atoms with Crippen LogP contribution in [0.15, 0.2) is 36.5 Å². The lowest BCUT2D eigenvalue weighted by Crippen LogP contribution is -1.88. The van der Waals surface area contributed by atoms with Gasteiger partial charge in [-0.15, -0.1) is 0 Å². The quantitative estimate of drug-likeness (QED) is 0.710. The smallest absolute Gasteiger partial charge is 0.0519 e. The highest BCUT2D eigenvalue weighted by molar-refractivity contribution is 5.85. The zero-order valence-corrected chi connectivity index (χ0v) is 8.40. The Labute approximate surface area is 84.8 Å². The van der Waals surface area contributed by atoms with Gasteiger partial charge in [-0.1, -0.05) is 37.6 Å². The van der Waals surface area contributed by atoms with Crippen LogP contribution in [0.5, 0.6) is 0 Å². The third-order valence-electron chi connectivity index (χ3n) is 2.33. The zero-order chi connectivity index (χ0) is 9.80. The Kier molecular flexibility index (Phi) is 2.78. The van der Waals surface area contributed by atoms with E-state index in [1.54, 1.807) is 0 Å². The standard InChI is InChI=1S/C13H14N/c1-2-3-8-13-12-7-5-4-6-11(12)9-10-14-13/h4-10H,2-3H2,1H3. The summed E-state index contributed by atoms with van der Waals surface area (Å²) in [6.07, 6.45) is 6.36. The molecule has 71 valence electrons. The number of rotatable bonds is 3. The minimum atomic E-state index is 1.10. The van der Waals surface area contributed by atoms with E-state index in [9.17, 15) is 0 Å². The topological polar surface area (TPSA) is 12.9 Å². The van der Waals surface area contributed by atoms with Crippen LogP contribution < -0.4 is 0 Å². The van der Waals surface area contributed by atoms with Crippen molar-refractivity contribution in [2.24, 2.45) is 0 Å². The number of hydrogen-bond donors (Lipinski definition) is 0. The largest absolute Gasteiger partial charge is 0.260 e. The van der Waals surface area contributed by atoms with Gasteiger partial charge in [-0.3, -0.25) is 4.98 Å². The molecule has 0 aliphatic carbocycles. The van der Waals surface area contributed by atoms with Crippen molar-refractivity contribution in [3.8, 4) is 0 Å². The maximum Gasteiger partial charge on any atom is 0.0519 e. The second-order valence-corrected chi connectivity index (χ2v) is 3.41. The second-order valence-electron chi connectivity index (χ2n) is 3.41. The van der Waals surface area contributed by atoms with Crippen molar-refractivity contribution in [3.63, 3.8) is 0 Å². The summed E-state index contributed by atoms with van der Waals surface area (Å²) in [5.74, 6) is 0. The molecular formula is C13H14N. The number of hydrogen-bond acceptors (Lipinski definition) is 1. The molecule has 1 aromatic carbocycles. The van der Waals surface area contributed by atoms with Gasteiger partial charge in [0.1, 0.15) is 0 Å². The molecule has 1 radical (unpaired) electrons. The Balaban J connectivity index is 2.43. The highest BCUT2D eigenvalue weighted by Crippen LogP contribution is 2.18. The fourth-order valence-corrected chi connectivity index (χ4v) is 1.59. The summed E-state index contributed by atoms with van der Waals surface area (Å²) in [7, 11) is 0. The number of pyridine rings is 1. The fourth-order valence-electron chi connectivity index (χ4n) is 1.59. The number of aromatic nitrogens is 1. The summed E-state index contributed by atoms with van der Waals surface area (Å²) in [5.41, 5.74) is 1.12. The Bertz CT molecular complexity index is 415. The van der Waals surface area contributed by atoms with E-state index < -0.39 is 0 Å². The molecule has 1 nitrogen and oxygen atoms in total. The van der Waals surface area contributed by atoms with Gasteiger partial charge in [0, 0.05) is 18.0 Å². The minimum Gasteiger partial charge on any atom is -0.260 e. The van der Waals surface area contributed by atoms with Crippen molar-refractivity contribution in [2.75, 3.05) is 0 Å². The molecule has 1 heteroatoms. The molecule has 2 aromatic rings. The third-order valence-corrected chi connectivity index (χ3v) is 2.33. The maximum absolute atomic E-state index is 4.39. The van der Waals surface area contributed by atoms with Crippen molar-refractivity contribution in [1.82, 2.24) is 4.98 Å². The zero-order valence-electron chi connectivity index (χ0n) is 8.40.